The van der Waals surface area contributed by atoms with Gasteiger partial charge in [-0.25, -0.2) is 0 Å². The summed E-state index contributed by atoms with van der Waals surface area (Å²) in [6.45, 7) is 5.71. The highest BCUT2D eigenvalue weighted by molar-refractivity contribution is 5.94. The lowest BCUT2D eigenvalue weighted by Crippen LogP contribution is -2.50. The molecule has 0 aliphatic carbocycles. The minimum absolute atomic E-state index is 0.0900. The first kappa shape index (κ1) is 14.5. The average Bonchev–Trinajstić information content (AvgIpc) is 2.46. The van der Waals surface area contributed by atoms with Crippen molar-refractivity contribution in [1.82, 2.24) is 0 Å². The summed E-state index contributed by atoms with van der Waals surface area (Å²) in [5.41, 5.74) is 8.39. The van der Waals surface area contributed by atoms with Crippen LogP contribution in [-0.2, 0) is 16.0 Å². The summed E-state index contributed by atoms with van der Waals surface area (Å²) in [6.07, 6.45) is 0.485. The van der Waals surface area contributed by atoms with Crippen molar-refractivity contribution in [3.05, 3.63) is 28.8 Å². The van der Waals surface area contributed by atoms with E-state index in [-0.39, 0.29) is 18.7 Å². The van der Waals surface area contributed by atoms with Crippen LogP contribution in [0.2, 0.25) is 0 Å². The van der Waals surface area contributed by atoms with E-state index in [1.807, 2.05) is 26.0 Å². The lowest BCUT2D eigenvalue weighted by molar-refractivity contribution is -0.143. The molecule has 0 bridgehead atoms. The zero-order valence-corrected chi connectivity index (χ0v) is 12.1. The van der Waals surface area contributed by atoms with Crippen LogP contribution in [0.25, 0.3) is 0 Å². The monoisotopic (exact) mass is 276 g/mol. The maximum atomic E-state index is 11.9. The van der Waals surface area contributed by atoms with Crippen LogP contribution in [0.15, 0.2) is 12.1 Å². The van der Waals surface area contributed by atoms with Crippen LogP contribution in [0.4, 0.5) is 5.69 Å². The Kier molecular flexibility index (Phi) is 3.56. The first-order valence-electron chi connectivity index (χ1n) is 6.65. The summed E-state index contributed by atoms with van der Waals surface area (Å²) in [6, 6.07) is 3.92. The standard InChI is InChI=1S/C15H20N2O3/c1-9-6-10(2)13-12(7-9)8-15(16,14(19)20)4-5-17(13)11(3)18/h6-7H,4-5,8,16H2,1-3H3,(H,19,20). The van der Waals surface area contributed by atoms with E-state index in [2.05, 4.69) is 0 Å². The van der Waals surface area contributed by atoms with Gasteiger partial charge in [0, 0.05) is 25.6 Å². The number of amides is 1. The third kappa shape index (κ3) is 2.41. The second-order valence-electron chi connectivity index (χ2n) is 5.65. The number of carboxylic acid groups (broad SMARTS) is 1. The second-order valence-corrected chi connectivity index (χ2v) is 5.65. The highest BCUT2D eigenvalue weighted by atomic mass is 16.4. The minimum Gasteiger partial charge on any atom is -0.480 e. The molecule has 1 aromatic carbocycles. The van der Waals surface area contributed by atoms with E-state index in [0.717, 1.165) is 22.4 Å². The smallest absolute Gasteiger partial charge is 0.324 e. The van der Waals surface area contributed by atoms with Crippen molar-refractivity contribution < 1.29 is 14.7 Å². The number of anilines is 1. The molecule has 0 radical (unpaired) electrons. The first-order valence-corrected chi connectivity index (χ1v) is 6.65. The Hall–Kier alpha value is -1.88. The quantitative estimate of drug-likeness (QED) is 0.811. The highest BCUT2D eigenvalue weighted by Crippen LogP contribution is 2.34. The van der Waals surface area contributed by atoms with Gasteiger partial charge in [0.2, 0.25) is 5.91 Å². The zero-order valence-electron chi connectivity index (χ0n) is 12.1. The van der Waals surface area contributed by atoms with Crippen LogP contribution in [0.3, 0.4) is 0 Å². The predicted molar refractivity (Wildman–Crippen MR) is 76.8 cm³/mol. The van der Waals surface area contributed by atoms with Crippen molar-refractivity contribution in [2.45, 2.75) is 39.2 Å². The molecule has 0 spiro atoms. The fourth-order valence-corrected chi connectivity index (χ4v) is 2.92. The van der Waals surface area contributed by atoms with Crippen molar-refractivity contribution >= 4 is 17.6 Å². The van der Waals surface area contributed by atoms with Crippen LogP contribution in [0, 0.1) is 13.8 Å². The molecule has 0 aromatic heterocycles. The molecular weight excluding hydrogens is 256 g/mol. The predicted octanol–water partition coefficient (Wildman–Crippen LogP) is 1.38. The number of nitrogens with zero attached hydrogens (tertiary/aromatic N) is 1. The Morgan fingerprint density at radius 3 is 2.55 bits per heavy atom. The van der Waals surface area contributed by atoms with Crippen molar-refractivity contribution in [1.29, 1.82) is 0 Å². The number of carbonyl (C=O) groups is 2. The van der Waals surface area contributed by atoms with Crippen LogP contribution in [0.1, 0.15) is 30.0 Å². The summed E-state index contributed by atoms with van der Waals surface area (Å²) in [5, 5.41) is 9.38. The molecule has 2 rings (SSSR count). The molecule has 1 amide bonds. The number of nitrogens with two attached hydrogens (primary N) is 1. The summed E-state index contributed by atoms with van der Waals surface area (Å²) >= 11 is 0. The SMILES string of the molecule is CC(=O)N1CCC(N)(C(=O)O)Cc2cc(C)cc(C)c21. The van der Waals surface area contributed by atoms with Gasteiger partial charge in [-0.1, -0.05) is 17.7 Å². The lowest BCUT2D eigenvalue weighted by atomic mass is 9.88. The van der Waals surface area contributed by atoms with E-state index < -0.39 is 11.5 Å². The van der Waals surface area contributed by atoms with Crippen LogP contribution < -0.4 is 10.6 Å². The average molecular weight is 276 g/mol. The van der Waals surface area contributed by atoms with E-state index in [1.54, 1.807) is 4.90 Å². The number of aliphatic carboxylic acids is 1. The summed E-state index contributed by atoms with van der Waals surface area (Å²) < 4.78 is 0. The van der Waals surface area contributed by atoms with Gasteiger partial charge in [0.15, 0.2) is 0 Å². The van der Waals surface area contributed by atoms with E-state index in [1.165, 1.54) is 6.92 Å². The molecule has 0 fully saturated rings. The molecule has 108 valence electrons. The number of carbonyl (C=O) groups excluding carboxylic acids is 1. The third-order valence-corrected chi connectivity index (χ3v) is 3.89. The first-order chi connectivity index (χ1) is 9.24. The molecule has 5 nitrogen and oxygen atoms in total. The van der Waals surface area contributed by atoms with Crippen LogP contribution in [-0.4, -0.2) is 29.1 Å². The van der Waals surface area contributed by atoms with Gasteiger partial charge in [-0.05, 0) is 31.4 Å². The van der Waals surface area contributed by atoms with Gasteiger partial charge < -0.3 is 15.7 Å². The number of hydrogen-bond donors (Lipinski definition) is 2. The molecule has 5 heteroatoms. The van der Waals surface area contributed by atoms with Gasteiger partial charge in [0.05, 0.1) is 0 Å². The van der Waals surface area contributed by atoms with Crippen LogP contribution >= 0.6 is 0 Å². The highest BCUT2D eigenvalue weighted by Gasteiger charge is 2.39. The molecule has 1 aliphatic heterocycles. The molecule has 1 heterocycles. The molecule has 3 N–H and O–H groups in total. The molecular formula is C15H20N2O3. The van der Waals surface area contributed by atoms with Gasteiger partial charge in [-0.2, -0.15) is 0 Å². The number of fused-ring (bicyclic) bond motifs is 1. The van der Waals surface area contributed by atoms with Gasteiger partial charge >= 0.3 is 5.97 Å². The van der Waals surface area contributed by atoms with Gasteiger partial charge in [-0.15, -0.1) is 0 Å². The number of benzene rings is 1. The molecule has 1 atom stereocenters. The fraction of sp³-hybridized carbons (Fsp3) is 0.467. The van der Waals surface area contributed by atoms with E-state index in [0.29, 0.717) is 6.54 Å². The topological polar surface area (TPSA) is 83.6 Å². The number of hydrogen-bond acceptors (Lipinski definition) is 3. The summed E-state index contributed by atoms with van der Waals surface area (Å²) in [5.74, 6) is -1.11. The van der Waals surface area contributed by atoms with E-state index in [4.69, 9.17) is 5.73 Å². The van der Waals surface area contributed by atoms with Crippen molar-refractivity contribution in [3.8, 4) is 0 Å². The Morgan fingerprint density at radius 2 is 2.00 bits per heavy atom. The number of carboxylic acids is 1. The van der Waals surface area contributed by atoms with Gasteiger partial charge in [0.1, 0.15) is 5.54 Å². The van der Waals surface area contributed by atoms with Gasteiger partial charge in [-0.3, -0.25) is 9.59 Å². The second kappa shape index (κ2) is 4.90. The van der Waals surface area contributed by atoms with Crippen molar-refractivity contribution in [3.63, 3.8) is 0 Å². The molecule has 1 unspecified atom stereocenters. The van der Waals surface area contributed by atoms with E-state index >= 15 is 0 Å². The molecule has 1 aliphatic rings. The largest absolute Gasteiger partial charge is 0.480 e. The maximum Gasteiger partial charge on any atom is 0.324 e. The Labute approximate surface area is 118 Å². The van der Waals surface area contributed by atoms with Crippen molar-refractivity contribution in [2.24, 2.45) is 5.73 Å². The number of aryl methyl sites for hydroxylation is 2. The lowest BCUT2D eigenvalue weighted by Gasteiger charge is -2.24. The summed E-state index contributed by atoms with van der Waals surface area (Å²) in [7, 11) is 0. The third-order valence-electron chi connectivity index (χ3n) is 3.89. The Morgan fingerprint density at radius 1 is 1.35 bits per heavy atom. The fourth-order valence-electron chi connectivity index (χ4n) is 2.92. The Bertz CT molecular complexity index is 583. The normalized spacial score (nSPS) is 22.1. The molecule has 0 saturated carbocycles. The molecule has 1 aromatic rings. The number of rotatable bonds is 1. The molecule has 0 saturated heterocycles. The van der Waals surface area contributed by atoms with Gasteiger partial charge in [0.25, 0.3) is 0 Å². The maximum absolute atomic E-state index is 11.9. The Balaban J connectivity index is 2.62. The van der Waals surface area contributed by atoms with Crippen LogP contribution in [0.5, 0.6) is 0 Å². The van der Waals surface area contributed by atoms with Crippen molar-refractivity contribution in [2.75, 3.05) is 11.4 Å². The zero-order chi connectivity index (χ0) is 15.1. The molecule has 20 heavy (non-hydrogen) atoms. The van der Waals surface area contributed by atoms with E-state index in [9.17, 15) is 14.7 Å². The summed E-state index contributed by atoms with van der Waals surface area (Å²) in [4.78, 5) is 25.0. The minimum atomic E-state index is -1.32.